The Morgan fingerprint density at radius 1 is 1.33 bits per heavy atom. The van der Waals surface area contributed by atoms with Gasteiger partial charge in [0.15, 0.2) is 0 Å². The zero-order valence-corrected chi connectivity index (χ0v) is 15.5. The SMILES string of the molecule is CCOC(=O)c1ccc(NC(=O)c2csc(I)c2)c(Br)c1. The molecule has 0 atom stereocenters. The third-order valence-corrected chi connectivity index (χ3v) is 5.00. The van der Waals surface area contributed by atoms with Crippen molar-refractivity contribution in [2.45, 2.75) is 6.92 Å². The molecule has 4 nitrogen and oxygen atoms in total. The van der Waals surface area contributed by atoms with Gasteiger partial charge in [0, 0.05) is 9.85 Å². The summed E-state index contributed by atoms with van der Waals surface area (Å²) >= 11 is 7.03. The molecule has 0 aliphatic rings. The van der Waals surface area contributed by atoms with Gasteiger partial charge in [-0.05, 0) is 69.7 Å². The standard InChI is InChI=1S/C14H11BrINO3S/c1-2-20-14(19)8-3-4-11(10(15)5-8)17-13(18)9-6-12(16)21-7-9/h3-7H,2H2,1H3,(H,17,18). The molecular weight excluding hydrogens is 469 g/mol. The number of carbonyl (C=O) groups excluding carboxylic acids is 2. The monoisotopic (exact) mass is 479 g/mol. The van der Waals surface area contributed by atoms with Crippen LogP contribution in [0.1, 0.15) is 27.6 Å². The molecule has 1 aromatic carbocycles. The average Bonchev–Trinajstić information content (AvgIpc) is 2.88. The normalized spacial score (nSPS) is 10.2. The maximum absolute atomic E-state index is 12.1. The number of nitrogens with one attached hydrogen (secondary N) is 1. The first-order valence-corrected chi connectivity index (χ1v) is 8.78. The van der Waals surface area contributed by atoms with Crippen molar-refractivity contribution in [2.75, 3.05) is 11.9 Å². The molecular formula is C14H11BrINO3S. The Balaban J connectivity index is 2.14. The van der Waals surface area contributed by atoms with Crippen LogP contribution in [0.15, 0.2) is 34.1 Å². The molecule has 1 aromatic heterocycles. The van der Waals surface area contributed by atoms with E-state index in [1.165, 1.54) is 11.3 Å². The number of ether oxygens (including phenoxy) is 1. The Kier molecular flexibility index (Phi) is 5.77. The first-order chi connectivity index (χ1) is 10.0. The minimum atomic E-state index is -0.386. The lowest BCUT2D eigenvalue weighted by Gasteiger charge is -2.08. The molecule has 21 heavy (non-hydrogen) atoms. The minimum Gasteiger partial charge on any atom is -0.462 e. The van der Waals surface area contributed by atoms with Gasteiger partial charge in [-0.3, -0.25) is 4.79 Å². The number of carbonyl (C=O) groups is 2. The number of benzene rings is 1. The van der Waals surface area contributed by atoms with Crippen LogP contribution in [0.2, 0.25) is 0 Å². The van der Waals surface area contributed by atoms with Gasteiger partial charge < -0.3 is 10.1 Å². The van der Waals surface area contributed by atoms with Gasteiger partial charge in [0.25, 0.3) is 5.91 Å². The topological polar surface area (TPSA) is 55.4 Å². The zero-order chi connectivity index (χ0) is 15.4. The fraction of sp³-hybridized carbons (Fsp3) is 0.143. The molecule has 2 rings (SSSR count). The van der Waals surface area contributed by atoms with Crippen molar-refractivity contribution in [1.29, 1.82) is 0 Å². The summed E-state index contributed by atoms with van der Waals surface area (Å²) in [5.74, 6) is -0.567. The number of amides is 1. The highest BCUT2D eigenvalue weighted by Gasteiger charge is 2.13. The van der Waals surface area contributed by atoms with Crippen molar-refractivity contribution in [2.24, 2.45) is 0 Å². The van der Waals surface area contributed by atoms with E-state index in [2.05, 4.69) is 43.8 Å². The van der Waals surface area contributed by atoms with E-state index < -0.39 is 0 Å². The molecule has 0 radical (unpaired) electrons. The molecule has 0 aliphatic heterocycles. The molecule has 0 saturated heterocycles. The number of rotatable bonds is 4. The molecule has 0 saturated carbocycles. The molecule has 0 unspecified atom stereocenters. The van der Waals surface area contributed by atoms with Crippen LogP contribution >= 0.6 is 49.9 Å². The zero-order valence-electron chi connectivity index (χ0n) is 11.0. The fourth-order valence-electron chi connectivity index (χ4n) is 1.58. The summed E-state index contributed by atoms with van der Waals surface area (Å²) in [6, 6.07) is 6.74. The number of hydrogen-bond donors (Lipinski definition) is 1. The molecule has 0 aliphatic carbocycles. The van der Waals surface area contributed by atoms with Gasteiger partial charge in [0.1, 0.15) is 0 Å². The molecule has 1 amide bonds. The molecule has 0 spiro atoms. The summed E-state index contributed by atoms with van der Waals surface area (Å²) in [6.45, 7) is 2.08. The van der Waals surface area contributed by atoms with Gasteiger partial charge in [-0.2, -0.15) is 0 Å². The highest BCUT2D eigenvalue weighted by atomic mass is 127. The third-order valence-electron chi connectivity index (χ3n) is 2.56. The summed E-state index contributed by atoms with van der Waals surface area (Å²) in [5.41, 5.74) is 1.66. The Morgan fingerprint density at radius 3 is 2.67 bits per heavy atom. The molecule has 110 valence electrons. The first kappa shape index (κ1) is 16.4. The van der Waals surface area contributed by atoms with E-state index in [0.717, 1.165) is 2.88 Å². The average molecular weight is 480 g/mol. The van der Waals surface area contributed by atoms with Crippen LogP contribution in [0.4, 0.5) is 5.69 Å². The molecule has 0 fully saturated rings. The molecule has 7 heteroatoms. The highest BCUT2D eigenvalue weighted by molar-refractivity contribution is 14.1. The predicted octanol–water partition coefficient (Wildman–Crippen LogP) is 4.54. The number of halogens is 2. The molecule has 2 aromatic rings. The third kappa shape index (κ3) is 4.27. The smallest absolute Gasteiger partial charge is 0.338 e. The van der Waals surface area contributed by atoms with E-state index in [4.69, 9.17) is 4.74 Å². The van der Waals surface area contributed by atoms with Crippen LogP contribution in [0, 0.1) is 2.88 Å². The lowest BCUT2D eigenvalue weighted by Crippen LogP contribution is -2.12. The number of anilines is 1. The van der Waals surface area contributed by atoms with Crippen molar-refractivity contribution in [3.63, 3.8) is 0 Å². The lowest BCUT2D eigenvalue weighted by molar-refractivity contribution is 0.0526. The van der Waals surface area contributed by atoms with Crippen LogP contribution in [0.3, 0.4) is 0 Å². The Morgan fingerprint density at radius 2 is 2.10 bits per heavy atom. The second-order valence-corrected chi connectivity index (χ2v) is 7.67. The maximum Gasteiger partial charge on any atom is 0.338 e. The molecule has 0 bridgehead atoms. The van der Waals surface area contributed by atoms with Crippen LogP contribution in [0.5, 0.6) is 0 Å². The van der Waals surface area contributed by atoms with Crippen LogP contribution in [-0.4, -0.2) is 18.5 Å². The van der Waals surface area contributed by atoms with Gasteiger partial charge in [0.2, 0.25) is 0 Å². The highest BCUT2D eigenvalue weighted by Crippen LogP contribution is 2.25. The van der Waals surface area contributed by atoms with Crippen LogP contribution < -0.4 is 5.32 Å². The second-order valence-electron chi connectivity index (χ2n) is 4.01. The summed E-state index contributed by atoms with van der Waals surface area (Å²) in [7, 11) is 0. The largest absolute Gasteiger partial charge is 0.462 e. The first-order valence-electron chi connectivity index (χ1n) is 6.03. The van der Waals surface area contributed by atoms with Crippen molar-refractivity contribution in [3.05, 3.63) is 48.1 Å². The van der Waals surface area contributed by atoms with Crippen LogP contribution in [-0.2, 0) is 4.74 Å². The Hall–Kier alpha value is -0.930. The summed E-state index contributed by atoms with van der Waals surface area (Å²) in [4.78, 5) is 23.7. The maximum atomic E-state index is 12.1. The number of esters is 1. The van der Waals surface area contributed by atoms with Crippen molar-refractivity contribution in [3.8, 4) is 0 Å². The van der Waals surface area contributed by atoms with Crippen molar-refractivity contribution in [1.82, 2.24) is 0 Å². The lowest BCUT2D eigenvalue weighted by atomic mass is 10.2. The number of hydrogen-bond acceptors (Lipinski definition) is 4. The molecule has 1 N–H and O–H groups in total. The van der Waals surface area contributed by atoms with E-state index >= 15 is 0 Å². The van der Waals surface area contributed by atoms with Crippen molar-refractivity contribution >= 4 is 67.4 Å². The van der Waals surface area contributed by atoms with Gasteiger partial charge in [-0.25, -0.2) is 4.79 Å². The summed E-state index contributed by atoms with van der Waals surface area (Å²) in [6.07, 6.45) is 0. The predicted molar refractivity (Wildman–Crippen MR) is 95.1 cm³/mol. The summed E-state index contributed by atoms with van der Waals surface area (Å²) < 4.78 is 6.61. The van der Waals surface area contributed by atoms with E-state index in [0.29, 0.717) is 27.9 Å². The van der Waals surface area contributed by atoms with Gasteiger partial charge in [-0.1, -0.05) is 0 Å². The molecule has 1 heterocycles. The van der Waals surface area contributed by atoms with Gasteiger partial charge >= 0.3 is 5.97 Å². The van der Waals surface area contributed by atoms with E-state index in [1.807, 2.05) is 6.07 Å². The Bertz CT molecular complexity index is 687. The van der Waals surface area contributed by atoms with Gasteiger partial charge in [-0.15, -0.1) is 11.3 Å². The van der Waals surface area contributed by atoms with E-state index in [9.17, 15) is 9.59 Å². The minimum absolute atomic E-state index is 0.182. The Labute approximate surface area is 148 Å². The van der Waals surface area contributed by atoms with Crippen LogP contribution in [0.25, 0.3) is 0 Å². The fourth-order valence-corrected chi connectivity index (χ4v) is 3.39. The number of thiophene rings is 1. The second kappa shape index (κ2) is 7.37. The van der Waals surface area contributed by atoms with E-state index in [-0.39, 0.29) is 11.9 Å². The van der Waals surface area contributed by atoms with Crippen molar-refractivity contribution < 1.29 is 14.3 Å². The van der Waals surface area contributed by atoms with E-state index in [1.54, 1.807) is 30.5 Å². The summed E-state index contributed by atoms with van der Waals surface area (Å²) in [5, 5.41) is 4.61. The van der Waals surface area contributed by atoms with Gasteiger partial charge in [0.05, 0.1) is 26.3 Å². The quantitative estimate of drug-likeness (QED) is 0.517.